The van der Waals surface area contributed by atoms with Crippen LogP contribution >= 0.6 is 0 Å². The number of nitrogens with one attached hydrogen (secondary N) is 1. The molecular weight excluding hydrogens is 258 g/mol. The van der Waals surface area contributed by atoms with E-state index < -0.39 is 0 Å². The van der Waals surface area contributed by atoms with Gasteiger partial charge in [-0.25, -0.2) is 10.1 Å². The summed E-state index contributed by atoms with van der Waals surface area (Å²) in [6.45, 7) is 0. The molecule has 0 unspecified atom stereocenters. The summed E-state index contributed by atoms with van der Waals surface area (Å²) >= 11 is 0. The van der Waals surface area contributed by atoms with Crippen LogP contribution in [0.25, 0.3) is 11.3 Å². The van der Waals surface area contributed by atoms with E-state index >= 15 is 0 Å². The number of benzene rings is 1. The fraction of sp³-hybridized carbons (Fsp3) is 0. The molecule has 1 heterocycles. The van der Waals surface area contributed by atoms with E-state index in [-0.39, 0.29) is 17.5 Å². The molecule has 0 radical (unpaired) electrons. The Kier molecular flexibility index (Phi) is 3.75. The number of rotatable bonds is 2. The Morgan fingerprint density at radius 2 is 1.75 bits per heavy atom. The van der Waals surface area contributed by atoms with Crippen LogP contribution in [-0.2, 0) is 0 Å². The summed E-state index contributed by atoms with van der Waals surface area (Å²) in [4.78, 5) is 18.6. The van der Waals surface area contributed by atoms with Gasteiger partial charge in [0, 0.05) is 11.6 Å². The number of hydrogen-bond donors (Lipinski definition) is 4. The lowest BCUT2D eigenvalue weighted by Crippen LogP contribution is -2.26. The number of nitrogens with zero attached hydrogens (tertiary/aromatic N) is 3. The monoisotopic (exact) mass is 271 g/mol. The number of hydrogen-bond acceptors (Lipinski definition) is 3. The van der Waals surface area contributed by atoms with Crippen molar-refractivity contribution in [3.63, 3.8) is 0 Å². The molecule has 0 saturated carbocycles. The highest BCUT2D eigenvalue weighted by atomic mass is 16.1. The summed E-state index contributed by atoms with van der Waals surface area (Å²) in [7, 11) is 0. The molecule has 0 aliphatic rings. The van der Waals surface area contributed by atoms with E-state index in [1.807, 2.05) is 0 Å². The number of aromatic amines is 1. The number of H-pyrrole nitrogens is 1. The Labute approximate surface area is 114 Å². The Bertz CT molecular complexity index is 691. The average Bonchev–Trinajstić information content (AvgIpc) is 2.39. The van der Waals surface area contributed by atoms with Crippen molar-refractivity contribution >= 4 is 17.6 Å². The molecule has 8 heteroatoms. The number of aromatic nitrogens is 2. The largest absolute Gasteiger partial charge is 0.370 e. The van der Waals surface area contributed by atoms with Gasteiger partial charge < -0.3 is 17.2 Å². The number of guanidine groups is 2. The van der Waals surface area contributed by atoms with Gasteiger partial charge in [0.25, 0.3) is 5.56 Å². The van der Waals surface area contributed by atoms with Gasteiger partial charge in [0.15, 0.2) is 5.96 Å². The first-order chi connectivity index (χ1) is 9.54. The maximum Gasteiger partial charge on any atom is 0.264 e. The van der Waals surface area contributed by atoms with E-state index in [4.69, 9.17) is 17.2 Å². The molecule has 0 aliphatic carbocycles. The SMILES string of the molecule is NC(N)=NC(N)=Nc1ccc(-c2ccc(=O)[nH]n2)cc1. The zero-order chi connectivity index (χ0) is 14.5. The van der Waals surface area contributed by atoms with Crippen LogP contribution in [0, 0.1) is 0 Å². The predicted molar refractivity (Wildman–Crippen MR) is 77.4 cm³/mol. The van der Waals surface area contributed by atoms with Gasteiger partial charge in [-0.15, -0.1) is 0 Å². The summed E-state index contributed by atoms with van der Waals surface area (Å²) in [5, 5.41) is 6.29. The van der Waals surface area contributed by atoms with Crippen LogP contribution in [0.5, 0.6) is 0 Å². The summed E-state index contributed by atoms with van der Waals surface area (Å²) < 4.78 is 0. The smallest absolute Gasteiger partial charge is 0.264 e. The maximum absolute atomic E-state index is 10.9. The molecule has 0 spiro atoms. The molecule has 102 valence electrons. The number of aliphatic imine (C=N–C) groups is 2. The minimum Gasteiger partial charge on any atom is -0.370 e. The van der Waals surface area contributed by atoms with Gasteiger partial charge in [-0.05, 0) is 18.2 Å². The molecule has 0 fully saturated rings. The summed E-state index contributed by atoms with van der Waals surface area (Å²) in [6, 6.07) is 10.1. The molecule has 2 aromatic rings. The highest BCUT2D eigenvalue weighted by Crippen LogP contribution is 2.19. The molecule has 0 saturated heterocycles. The summed E-state index contributed by atoms with van der Waals surface area (Å²) in [6.07, 6.45) is 0. The quantitative estimate of drug-likeness (QED) is 0.435. The lowest BCUT2D eigenvalue weighted by molar-refractivity contribution is 0.995. The lowest BCUT2D eigenvalue weighted by Gasteiger charge is -2.00. The van der Waals surface area contributed by atoms with E-state index in [0.29, 0.717) is 11.4 Å². The molecule has 7 N–H and O–H groups in total. The highest BCUT2D eigenvalue weighted by Gasteiger charge is 2.00. The van der Waals surface area contributed by atoms with Gasteiger partial charge in [-0.2, -0.15) is 10.1 Å². The lowest BCUT2D eigenvalue weighted by atomic mass is 10.1. The van der Waals surface area contributed by atoms with Crippen LogP contribution in [0.1, 0.15) is 0 Å². The first-order valence-electron chi connectivity index (χ1n) is 5.64. The Hall–Kier alpha value is -3.16. The molecule has 0 bridgehead atoms. The second-order valence-corrected chi connectivity index (χ2v) is 3.86. The molecule has 2 rings (SSSR count). The average molecular weight is 271 g/mol. The molecule has 0 atom stereocenters. The summed E-state index contributed by atoms with van der Waals surface area (Å²) in [5.41, 5.74) is 17.7. The molecular formula is C12H13N7O. The van der Waals surface area contributed by atoms with Crippen LogP contribution in [0.15, 0.2) is 51.2 Å². The molecule has 20 heavy (non-hydrogen) atoms. The normalized spacial score (nSPS) is 11.1. The zero-order valence-corrected chi connectivity index (χ0v) is 10.4. The van der Waals surface area contributed by atoms with E-state index in [1.165, 1.54) is 6.07 Å². The molecule has 0 aliphatic heterocycles. The van der Waals surface area contributed by atoms with Crippen LogP contribution in [-0.4, -0.2) is 22.1 Å². The minimum atomic E-state index is -0.250. The maximum atomic E-state index is 10.9. The van der Waals surface area contributed by atoms with Gasteiger partial charge in [0.2, 0.25) is 5.96 Å². The van der Waals surface area contributed by atoms with E-state index in [9.17, 15) is 4.79 Å². The Morgan fingerprint density at radius 3 is 2.30 bits per heavy atom. The summed E-state index contributed by atoms with van der Waals surface area (Å²) in [5.74, 6) is -0.180. The topological polar surface area (TPSA) is 149 Å². The first-order valence-corrected chi connectivity index (χ1v) is 5.64. The fourth-order valence-electron chi connectivity index (χ4n) is 1.50. The van der Waals surface area contributed by atoms with Gasteiger partial charge in [0.05, 0.1) is 11.4 Å². The predicted octanol–water partition coefficient (Wildman–Crippen LogP) is -0.343. The molecule has 8 nitrogen and oxygen atoms in total. The second-order valence-electron chi connectivity index (χ2n) is 3.86. The van der Waals surface area contributed by atoms with Crippen molar-refractivity contribution in [1.82, 2.24) is 10.2 Å². The zero-order valence-electron chi connectivity index (χ0n) is 10.4. The van der Waals surface area contributed by atoms with Crippen molar-refractivity contribution in [3.8, 4) is 11.3 Å². The van der Waals surface area contributed by atoms with Crippen molar-refractivity contribution in [2.45, 2.75) is 0 Å². The minimum absolute atomic E-state index is 0.0279. The van der Waals surface area contributed by atoms with Gasteiger partial charge in [0.1, 0.15) is 0 Å². The van der Waals surface area contributed by atoms with Crippen molar-refractivity contribution < 1.29 is 0 Å². The molecule has 1 aromatic heterocycles. The molecule has 0 amide bonds. The molecule has 1 aromatic carbocycles. The van der Waals surface area contributed by atoms with Gasteiger partial charge in [-0.3, -0.25) is 4.79 Å². The third-order valence-corrected chi connectivity index (χ3v) is 2.33. The first kappa shape index (κ1) is 13.3. The standard InChI is InChI=1S/C12H13N7O/c13-11(14)17-12(15)16-8-3-1-7(2-4-8)9-5-6-10(20)19-18-9/h1-6H,(H,19,20)(H6,13,14,15,16,17). The van der Waals surface area contributed by atoms with Crippen LogP contribution in [0.2, 0.25) is 0 Å². The van der Waals surface area contributed by atoms with Crippen molar-refractivity contribution in [2.75, 3.05) is 0 Å². The van der Waals surface area contributed by atoms with Gasteiger partial charge >= 0.3 is 0 Å². The third-order valence-electron chi connectivity index (χ3n) is 2.33. The number of nitrogens with two attached hydrogens (primary N) is 3. The van der Waals surface area contributed by atoms with E-state index in [0.717, 1.165) is 5.56 Å². The van der Waals surface area contributed by atoms with Crippen LogP contribution < -0.4 is 22.8 Å². The second kappa shape index (κ2) is 5.65. The Morgan fingerprint density at radius 1 is 1.05 bits per heavy atom. The van der Waals surface area contributed by atoms with Crippen molar-refractivity contribution in [1.29, 1.82) is 0 Å². The Balaban J connectivity index is 2.24. The van der Waals surface area contributed by atoms with Crippen LogP contribution in [0.4, 0.5) is 5.69 Å². The van der Waals surface area contributed by atoms with Crippen molar-refractivity contribution in [2.24, 2.45) is 27.2 Å². The van der Waals surface area contributed by atoms with E-state index in [2.05, 4.69) is 20.2 Å². The highest BCUT2D eigenvalue weighted by molar-refractivity contribution is 5.93. The van der Waals surface area contributed by atoms with Crippen molar-refractivity contribution in [3.05, 3.63) is 46.8 Å². The third kappa shape index (κ3) is 3.42. The fourth-order valence-corrected chi connectivity index (χ4v) is 1.50. The van der Waals surface area contributed by atoms with E-state index in [1.54, 1.807) is 30.3 Å². The van der Waals surface area contributed by atoms with Crippen LogP contribution in [0.3, 0.4) is 0 Å². The van der Waals surface area contributed by atoms with Gasteiger partial charge in [-0.1, -0.05) is 12.1 Å².